The van der Waals surface area contributed by atoms with Crippen LogP contribution in [0.15, 0.2) is 12.3 Å². The van der Waals surface area contributed by atoms with Gasteiger partial charge in [0.05, 0.1) is 6.61 Å². The maximum Gasteiger partial charge on any atom is 0.0537 e. The van der Waals surface area contributed by atoms with Crippen molar-refractivity contribution >= 4 is 0 Å². The second-order valence-electron chi connectivity index (χ2n) is 4.30. The lowest BCUT2D eigenvalue weighted by Crippen LogP contribution is -2.27. The van der Waals surface area contributed by atoms with Crippen LogP contribution in [0.5, 0.6) is 0 Å². The zero-order chi connectivity index (χ0) is 10.1. The van der Waals surface area contributed by atoms with Crippen LogP contribution < -0.4 is 0 Å². The van der Waals surface area contributed by atoms with E-state index in [0.717, 1.165) is 5.69 Å². The lowest BCUT2D eigenvalue weighted by atomic mass is 9.90. The molecule has 0 saturated carbocycles. The highest BCUT2D eigenvalue weighted by molar-refractivity contribution is 5.14. The number of hydrogen-bond acceptors (Lipinski definition) is 2. The molecular weight excluding hydrogens is 164 g/mol. The molecule has 0 aliphatic rings. The molecule has 0 amide bonds. The molecule has 1 rings (SSSR count). The molecule has 0 aliphatic heterocycles. The number of hydrogen-bond donors (Lipinski definition) is 1. The third-order valence-corrected chi connectivity index (χ3v) is 2.25. The van der Waals surface area contributed by atoms with Crippen LogP contribution >= 0.6 is 0 Å². The SMILES string of the molecule is CC(C)n1nccc1C(C)(C)CO. The smallest absolute Gasteiger partial charge is 0.0537 e. The minimum Gasteiger partial charge on any atom is -0.395 e. The first kappa shape index (κ1) is 10.3. The van der Waals surface area contributed by atoms with E-state index < -0.39 is 0 Å². The number of aromatic nitrogens is 2. The van der Waals surface area contributed by atoms with Crippen LogP contribution in [0.4, 0.5) is 0 Å². The molecule has 0 fully saturated rings. The Morgan fingerprint density at radius 1 is 1.54 bits per heavy atom. The molecule has 0 saturated heterocycles. The van der Waals surface area contributed by atoms with Gasteiger partial charge in [0.1, 0.15) is 0 Å². The van der Waals surface area contributed by atoms with Gasteiger partial charge in [-0.3, -0.25) is 4.68 Å². The highest BCUT2D eigenvalue weighted by atomic mass is 16.3. The van der Waals surface area contributed by atoms with E-state index in [2.05, 4.69) is 18.9 Å². The molecule has 0 aliphatic carbocycles. The molecule has 74 valence electrons. The van der Waals surface area contributed by atoms with Crippen molar-refractivity contribution in [3.05, 3.63) is 18.0 Å². The normalized spacial score (nSPS) is 12.5. The third kappa shape index (κ3) is 1.91. The fraction of sp³-hybridized carbons (Fsp3) is 0.700. The molecule has 0 atom stereocenters. The summed E-state index contributed by atoms with van der Waals surface area (Å²) in [7, 11) is 0. The van der Waals surface area contributed by atoms with Crippen molar-refractivity contribution in [3.8, 4) is 0 Å². The first-order valence-electron chi connectivity index (χ1n) is 4.64. The maximum absolute atomic E-state index is 9.23. The van der Waals surface area contributed by atoms with Crippen LogP contribution in [0, 0.1) is 0 Å². The van der Waals surface area contributed by atoms with E-state index in [1.54, 1.807) is 6.20 Å². The zero-order valence-corrected chi connectivity index (χ0v) is 8.78. The Balaban J connectivity index is 3.07. The van der Waals surface area contributed by atoms with Crippen molar-refractivity contribution in [1.29, 1.82) is 0 Å². The summed E-state index contributed by atoms with van der Waals surface area (Å²) in [4.78, 5) is 0. The molecule has 0 radical (unpaired) electrons. The molecule has 1 aromatic rings. The molecule has 1 N–H and O–H groups in total. The van der Waals surface area contributed by atoms with Crippen molar-refractivity contribution < 1.29 is 5.11 Å². The Labute approximate surface area is 79.4 Å². The molecule has 0 spiro atoms. The van der Waals surface area contributed by atoms with Crippen LogP contribution in [0.2, 0.25) is 0 Å². The first-order chi connectivity index (χ1) is 5.99. The quantitative estimate of drug-likeness (QED) is 0.773. The number of aliphatic hydroxyl groups is 1. The van der Waals surface area contributed by atoms with Crippen LogP contribution in [-0.4, -0.2) is 21.5 Å². The number of nitrogens with zero attached hydrogens (tertiary/aromatic N) is 2. The topological polar surface area (TPSA) is 38.0 Å². The van der Waals surface area contributed by atoms with Gasteiger partial charge in [-0.2, -0.15) is 5.10 Å². The zero-order valence-electron chi connectivity index (χ0n) is 8.78. The van der Waals surface area contributed by atoms with Crippen molar-refractivity contribution in [3.63, 3.8) is 0 Å². The Morgan fingerprint density at radius 2 is 2.15 bits per heavy atom. The van der Waals surface area contributed by atoms with Crippen LogP contribution in [0.25, 0.3) is 0 Å². The lowest BCUT2D eigenvalue weighted by molar-refractivity contribution is 0.208. The Kier molecular flexibility index (Phi) is 2.76. The fourth-order valence-electron chi connectivity index (χ4n) is 1.34. The van der Waals surface area contributed by atoms with E-state index in [-0.39, 0.29) is 12.0 Å². The van der Waals surface area contributed by atoms with Gasteiger partial charge in [-0.25, -0.2) is 0 Å². The molecule has 1 heterocycles. The van der Waals surface area contributed by atoms with Crippen LogP contribution in [-0.2, 0) is 5.41 Å². The summed E-state index contributed by atoms with van der Waals surface area (Å²) in [5, 5.41) is 13.5. The third-order valence-electron chi connectivity index (χ3n) is 2.25. The van der Waals surface area contributed by atoms with Gasteiger partial charge in [-0.15, -0.1) is 0 Å². The van der Waals surface area contributed by atoms with Gasteiger partial charge < -0.3 is 5.11 Å². The highest BCUT2D eigenvalue weighted by Gasteiger charge is 2.24. The van der Waals surface area contributed by atoms with Gasteiger partial charge in [0.25, 0.3) is 0 Å². The second kappa shape index (κ2) is 3.50. The molecule has 13 heavy (non-hydrogen) atoms. The predicted octanol–water partition coefficient (Wildman–Crippen LogP) is 1.73. The summed E-state index contributed by atoms with van der Waals surface area (Å²) in [5.41, 5.74) is 0.880. The van der Waals surface area contributed by atoms with Gasteiger partial charge in [0.15, 0.2) is 0 Å². The summed E-state index contributed by atoms with van der Waals surface area (Å²) in [6, 6.07) is 2.31. The second-order valence-corrected chi connectivity index (χ2v) is 4.30. The van der Waals surface area contributed by atoms with E-state index in [9.17, 15) is 5.11 Å². The molecule has 0 bridgehead atoms. The average Bonchev–Trinajstić information content (AvgIpc) is 2.52. The van der Waals surface area contributed by atoms with E-state index in [1.165, 1.54) is 0 Å². The van der Waals surface area contributed by atoms with Gasteiger partial charge in [-0.1, -0.05) is 13.8 Å². The number of aliphatic hydroxyl groups excluding tert-OH is 1. The van der Waals surface area contributed by atoms with E-state index in [1.807, 2.05) is 24.6 Å². The van der Waals surface area contributed by atoms with Gasteiger partial charge in [0, 0.05) is 23.3 Å². The Morgan fingerprint density at radius 3 is 2.62 bits per heavy atom. The predicted molar refractivity (Wildman–Crippen MR) is 52.7 cm³/mol. The summed E-state index contributed by atoms with van der Waals surface area (Å²) in [6.45, 7) is 8.35. The Bertz CT molecular complexity index is 276. The summed E-state index contributed by atoms with van der Waals surface area (Å²) in [6.07, 6.45) is 1.78. The van der Waals surface area contributed by atoms with E-state index in [0.29, 0.717) is 6.04 Å². The minimum atomic E-state index is -0.208. The Hall–Kier alpha value is -0.830. The first-order valence-corrected chi connectivity index (χ1v) is 4.64. The molecule has 3 nitrogen and oxygen atoms in total. The monoisotopic (exact) mass is 182 g/mol. The van der Waals surface area contributed by atoms with Crippen molar-refractivity contribution in [1.82, 2.24) is 9.78 Å². The highest BCUT2D eigenvalue weighted by Crippen LogP contribution is 2.23. The van der Waals surface area contributed by atoms with Gasteiger partial charge >= 0.3 is 0 Å². The summed E-state index contributed by atoms with van der Waals surface area (Å²) in [5.74, 6) is 0. The standard InChI is InChI=1S/C10H18N2O/c1-8(2)12-9(5-6-11-12)10(3,4)7-13/h5-6,8,13H,7H2,1-4H3. The maximum atomic E-state index is 9.23. The van der Waals surface area contributed by atoms with Crippen LogP contribution in [0.1, 0.15) is 39.4 Å². The summed E-state index contributed by atoms with van der Waals surface area (Å²) < 4.78 is 1.95. The molecular formula is C10H18N2O. The van der Waals surface area contributed by atoms with Gasteiger partial charge in [0.2, 0.25) is 0 Å². The van der Waals surface area contributed by atoms with E-state index in [4.69, 9.17) is 0 Å². The fourth-order valence-corrected chi connectivity index (χ4v) is 1.34. The molecule has 3 heteroatoms. The van der Waals surface area contributed by atoms with Gasteiger partial charge in [-0.05, 0) is 19.9 Å². The largest absolute Gasteiger partial charge is 0.395 e. The lowest BCUT2D eigenvalue weighted by Gasteiger charge is -2.24. The van der Waals surface area contributed by atoms with E-state index >= 15 is 0 Å². The number of rotatable bonds is 3. The average molecular weight is 182 g/mol. The van der Waals surface area contributed by atoms with Crippen LogP contribution in [0.3, 0.4) is 0 Å². The van der Waals surface area contributed by atoms with Crippen molar-refractivity contribution in [2.24, 2.45) is 0 Å². The molecule has 1 aromatic heterocycles. The minimum absolute atomic E-state index is 0.144. The molecule has 0 aromatic carbocycles. The van der Waals surface area contributed by atoms with Crippen molar-refractivity contribution in [2.45, 2.75) is 39.2 Å². The van der Waals surface area contributed by atoms with Crippen molar-refractivity contribution in [2.75, 3.05) is 6.61 Å². The molecule has 0 unspecified atom stereocenters. The summed E-state index contributed by atoms with van der Waals surface area (Å²) >= 11 is 0.